The van der Waals surface area contributed by atoms with Crippen molar-refractivity contribution in [1.82, 2.24) is 9.88 Å². The zero-order chi connectivity index (χ0) is 13.4. The van der Waals surface area contributed by atoms with Crippen molar-refractivity contribution in [2.45, 2.75) is 12.5 Å². The maximum atomic E-state index is 12.3. The third kappa shape index (κ3) is 2.04. The number of fused-ring (bicyclic) bond motifs is 1. The molecule has 5 nitrogen and oxygen atoms in total. The number of hydrogen-bond acceptors (Lipinski definition) is 5. The van der Waals surface area contributed by atoms with Gasteiger partial charge in [-0.1, -0.05) is 0 Å². The molecular formula is C12H10N2O3S2. The molecule has 7 heteroatoms. The zero-order valence-electron chi connectivity index (χ0n) is 9.78. The van der Waals surface area contributed by atoms with Crippen LogP contribution in [0.4, 0.5) is 0 Å². The van der Waals surface area contributed by atoms with Crippen LogP contribution in [0.15, 0.2) is 23.2 Å². The van der Waals surface area contributed by atoms with E-state index in [1.807, 2.05) is 5.38 Å². The lowest BCUT2D eigenvalue weighted by Crippen LogP contribution is -2.42. The lowest BCUT2D eigenvalue weighted by Gasteiger charge is -2.32. The molecule has 3 heterocycles. The van der Waals surface area contributed by atoms with E-state index in [0.717, 1.165) is 10.4 Å². The molecule has 0 radical (unpaired) electrons. The maximum absolute atomic E-state index is 12.3. The molecule has 2 aromatic rings. The fraction of sp³-hybridized carbons (Fsp3) is 0.250. The summed E-state index contributed by atoms with van der Waals surface area (Å²) in [5.41, 5.74) is 2.31. The highest BCUT2D eigenvalue weighted by Gasteiger charge is 2.37. The van der Waals surface area contributed by atoms with Crippen LogP contribution in [0.5, 0.6) is 0 Å². The van der Waals surface area contributed by atoms with Gasteiger partial charge in [0.1, 0.15) is 4.88 Å². The van der Waals surface area contributed by atoms with Gasteiger partial charge in [-0.05, 0) is 23.4 Å². The number of aromatic nitrogens is 1. The van der Waals surface area contributed by atoms with Crippen LogP contribution < -0.4 is 0 Å². The van der Waals surface area contributed by atoms with Gasteiger partial charge >= 0.3 is 5.97 Å². The maximum Gasteiger partial charge on any atom is 0.331 e. The number of rotatable bonds is 2. The number of nitrogens with zero attached hydrogens (tertiary/aromatic N) is 2. The Morgan fingerprint density at radius 3 is 2.95 bits per heavy atom. The van der Waals surface area contributed by atoms with Crippen molar-refractivity contribution < 1.29 is 14.7 Å². The van der Waals surface area contributed by atoms with Crippen molar-refractivity contribution in [3.63, 3.8) is 0 Å². The predicted molar refractivity (Wildman–Crippen MR) is 71.6 cm³/mol. The minimum atomic E-state index is -0.989. The summed E-state index contributed by atoms with van der Waals surface area (Å²) in [7, 11) is 0. The summed E-state index contributed by atoms with van der Waals surface area (Å²) >= 11 is 2.78. The highest BCUT2D eigenvalue weighted by Crippen LogP contribution is 2.34. The van der Waals surface area contributed by atoms with E-state index in [-0.39, 0.29) is 5.91 Å². The molecule has 1 aliphatic heterocycles. The van der Waals surface area contributed by atoms with Crippen molar-refractivity contribution in [2.24, 2.45) is 0 Å². The van der Waals surface area contributed by atoms with Crippen LogP contribution in [0.3, 0.4) is 0 Å². The van der Waals surface area contributed by atoms with E-state index in [1.165, 1.54) is 22.4 Å². The molecule has 0 spiro atoms. The van der Waals surface area contributed by atoms with E-state index in [2.05, 4.69) is 4.98 Å². The first-order valence-electron chi connectivity index (χ1n) is 5.67. The van der Waals surface area contributed by atoms with Crippen molar-refractivity contribution in [3.8, 4) is 0 Å². The summed E-state index contributed by atoms with van der Waals surface area (Å²) in [4.78, 5) is 30.7. The van der Waals surface area contributed by atoms with E-state index in [4.69, 9.17) is 0 Å². The van der Waals surface area contributed by atoms with Crippen LogP contribution in [0.1, 0.15) is 26.2 Å². The van der Waals surface area contributed by atoms with Gasteiger partial charge in [0, 0.05) is 11.4 Å². The number of carboxylic acids is 1. The van der Waals surface area contributed by atoms with E-state index in [9.17, 15) is 14.7 Å². The van der Waals surface area contributed by atoms with Crippen molar-refractivity contribution in [1.29, 1.82) is 0 Å². The number of thiophene rings is 1. The average molecular weight is 294 g/mol. The molecule has 1 atom stereocenters. The monoisotopic (exact) mass is 294 g/mol. The molecule has 0 aliphatic carbocycles. The first kappa shape index (κ1) is 12.3. The molecule has 0 saturated carbocycles. The molecule has 0 fully saturated rings. The SMILES string of the molecule is O=C(O)C1c2ccsc2CCN1C(=O)c1cncs1. The number of carbonyl (C=O) groups is 2. The molecular weight excluding hydrogens is 284 g/mol. The number of carboxylic acid groups (broad SMARTS) is 1. The third-order valence-electron chi connectivity index (χ3n) is 3.10. The second-order valence-corrected chi connectivity index (χ2v) is 6.04. The van der Waals surface area contributed by atoms with E-state index < -0.39 is 12.0 Å². The van der Waals surface area contributed by atoms with Crippen molar-refractivity contribution >= 4 is 34.6 Å². The molecule has 98 valence electrons. The second kappa shape index (κ2) is 4.75. The fourth-order valence-corrected chi connectivity index (χ4v) is 3.74. The summed E-state index contributed by atoms with van der Waals surface area (Å²) in [5.74, 6) is -1.25. The largest absolute Gasteiger partial charge is 0.479 e. The number of carbonyl (C=O) groups excluding carboxylic acids is 1. The van der Waals surface area contributed by atoms with Crippen LogP contribution in [0.2, 0.25) is 0 Å². The van der Waals surface area contributed by atoms with Crippen LogP contribution in [-0.2, 0) is 11.2 Å². The van der Waals surface area contributed by atoms with E-state index in [1.54, 1.807) is 22.9 Å². The van der Waals surface area contributed by atoms with Crippen LogP contribution in [0, 0.1) is 0 Å². The summed E-state index contributed by atoms with van der Waals surface area (Å²) in [5, 5.41) is 11.3. The van der Waals surface area contributed by atoms with Gasteiger partial charge in [0.15, 0.2) is 6.04 Å². The van der Waals surface area contributed by atoms with E-state index in [0.29, 0.717) is 17.8 Å². The Morgan fingerprint density at radius 2 is 2.26 bits per heavy atom. The Kier molecular flexibility index (Phi) is 3.08. The minimum absolute atomic E-state index is 0.258. The Labute approximate surface area is 117 Å². The first-order valence-corrected chi connectivity index (χ1v) is 7.43. The van der Waals surface area contributed by atoms with E-state index >= 15 is 0 Å². The predicted octanol–water partition coefficient (Wildman–Crippen LogP) is 2.03. The topological polar surface area (TPSA) is 70.5 Å². The summed E-state index contributed by atoms with van der Waals surface area (Å²) < 4.78 is 0. The van der Waals surface area contributed by atoms with Crippen LogP contribution in [-0.4, -0.2) is 33.4 Å². The molecule has 0 saturated heterocycles. The highest BCUT2D eigenvalue weighted by atomic mass is 32.1. The quantitative estimate of drug-likeness (QED) is 0.920. The average Bonchev–Trinajstić information content (AvgIpc) is 3.06. The number of aliphatic carboxylic acids is 1. The summed E-state index contributed by atoms with van der Waals surface area (Å²) in [6.07, 6.45) is 2.19. The van der Waals surface area contributed by atoms with Gasteiger partial charge < -0.3 is 10.0 Å². The Bertz CT molecular complexity index is 621. The summed E-state index contributed by atoms with van der Waals surface area (Å²) in [6.45, 7) is 0.432. The fourth-order valence-electron chi connectivity index (χ4n) is 2.26. The summed E-state index contributed by atoms with van der Waals surface area (Å²) in [6, 6.07) is 0.912. The molecule has 3 rings (SSSR count). The van der Waals surface area contributed by atoms with Gasteiger partial charge in [-0.25, -0.2) is 4.79 Å². The molecule has 1 aliphatic rings. The standard InChI is InChI=1S/C12H10N2O3S2/c15-11(9-5-13-6-19-9)14-3-1-8-7(2-4-18-8)10(14)12(16)17/h2,4-6,10H,1,3H2,(H,16,17). The highest BCUT2D eigenvalue weighted by molar-refractivity contribution is 7.11. The van der Waals surface area contributed by atoms with Gasteiger partial charge in [0.2, 0.25) is 0 Å². The Balaban J connectivity index is 1.98. The normalized spacial score (nSPS) is 18.1. The minimum Gasteiger partial charge on any atom is -0.479 e. The van der Waals surface area contributed by atoms with Crippen LogP contribution in [0.25, 0.3) is 0 Å². The Hall–Kier alpha value is -1.73. The van der Waals surface area contributed by atoms with Gasteiger partial charge in [-0.15, -0.1) is 22.7 Å². The molecule has 0 bridgehead atoms. The third-order valence-corrected chi connectivity index (χ3v) is 4.86. The second-order valence-electron chi connectivity index (χ2n) is 4.15. The Morgan fingerprint density at radius 1 is 1.42 bits per heavy atom. The molecule has 0 aromatic carbocycles. The lowest BCUT2D eigenvalue weighted by atomic mass is 10.00. The molecule has 1 unspecified atom stereocenters. The van der Waals surface area contributed by atoms with Gasteiger partial charge in [0.05, 0.1) is 11.7 Å². The van der Waals surface area contributed by atoms with Crippen molar-refractivity contribution in [3.05, 3.63) is 38.5 Å². The van der Waals surface area contributed by atoms with Gasteiger partial charge in [0.25, 0.3) is 5.91 Å². The first-order chi connectivity index (χ1) is 9.18. The van der Waals surface area contributed by atoms with Gasteiger partial charge in [-0.2, -0.15) is 0 Å². The lowest BCUT2D eigenvalue weighted by molar-refractivity contribution is -0.142. The molecule has 1 N–H and O–H groups in total. The molecule has 2 aromatic heterocycles. The molecule has 19 heavy (non-hydrogen) atoms. The zero-order valence-corrected chi connectivity index (χ0v) is 11.4. The van der Waals surface area contributed by atoms with Crippen molar-refractivity contribution in [2.75, 3.05) is 6.54 Å². The smallest absolute Gasteiger partial charge is 0.331 e. The van der Waals surface area contributed by atoms with Crippen LogP contribution >= 0.6 is 22.7 Å². The number of amides is 1. The number of thiazole rings is 1. The van der Waals surface area contributed by atoms with Gasteiger partial charge in [-0.3, -0.25) is 9.78 Å². The number of hydrogen-bond donors (Lipinski definition) is 1. The molecule has 1 amide bonds.